The summed E-state index contributed by atoms with van der Waals surface area (Å²) in [5, 5.41) is 2.87. The number of anilines is 2. The molecule has 0 radical (unpaired) electrons. The van der Waals surface area contributed by atoms with Gasteiger partial charge in [0.2, 0.25) is 0 Å². The number of thioether (sulfide) groups is 1. The van der Waals surface area contributed by atoms with E-state index >= 15 is 0 Å². The van der Waals surface area contributed by atoms with E-state index in [1.54, 1.807) is 23.9 Å². The van der Waals surface area contributed by atoms with Gasteiger partial charge in [-0.05, 0) is 43.5 Å². The third-order valence-corrected chi connectivity index (χ3v) is 3.51. The molecule has 0 saturated carbocycles. The molecule has 2 aromatic rings. The lowest BCUT2D eigenvalue weighted by Gasteiger charge is -2.09. The van der Waals surface area contributed by atoms with Crippen LogP contribution >= 0.6 is 11.8 Å². The third kappa shape index (κ3) is 3.29. The Morgan fingerprint density at radius 1 is 1.21 bits per heavy atom. The molecule has 0 spiro atoms. The van der Waals surface area contributed by atoms with Gasteiger partial charge in [0.1, 0.15) is 0 Å². The van der Waals surface area contributed by atoms with Gasteiger partial charge in [-0.1, -0.05) is 17.7 Å². The molecular weight excluding hydrogens is 256 g/mol. The molecule has 0 unspecified atom stereocenters. The van der Waals surface area contributed by atoms with Gasteiger partial charge < -0.3 is 11.1 Å². The topological polar surface area (TPSA) is 55.1 Å². The summed E-state index contributed by atoms with van der Waals surface area (Å²) in [7, 11) is 0. The first kappa shape index (κ1) is 13.5. The molecule has 98 valence electrons. The monoisotopic (exact) mass is 272 g/mol. The minimum absolute atomic E-state index is 0.181. The molecule has 0 aliphatic carbocycles. The van der Waals surface area contributed by atoms with Crippen molar-refractivity contribution in [1.29, 1.82) is 0 Å². The summed E-state index contributed by atoms with van der Waals surface area (Å²) in [6.07, 6.45) is 2.00. The van der Waals surface area contributed by atoms with Gasteiger partial charge in [-0.2, -0.15) is 0 Å². The summed E-state index contributed by atoms with van der Waals surface area (Å²) >= 11 is 1.64. The first-order valence-corrected chi connectivity index (χ1v) is 7.14. The highest BCUT2D eigenvalue weighted by atomic mass is 32.2. The Morgan fingerprint density at radius 2 is 2.00 bits per heavy atom. The number of aryl methyl sites for hydroxylation is 1. The highest BCUT2D eigenvalue weighted by molar-refractivity contribution is 7.98. The van der Waals surface area contributed by atoms with Gasteiger partial charge in [-0.3, -0.25) is 4.79 Å². The van der Waals surface area contributed by atoms with Crippen molar-refractivity contribution in [2.24, 2.45) is 0 Å². The molecule has 0 aliphatic rings. The normalized spacial score (nSPS) is 10.2. The average molecular weight is 272 g/mol. The number of rotatable bonds is 3. The Balaban J connectivity index is 2.23. The third-order valence-electron chi connectivity index (χ3n) is 2.78. The molecule has 1 amide bonds. The molecule has 4 heteroatoms. The number of carbonyl (C=O) groups is 1. The largest absolute Gasteiger partial charge is 0.398 e. The first-order chi connectivity index (χ1) is 9.10. The molecule has 0 saturated heterocycles. The number of hydrogen-bond donors (Lipinski definition) is 2. The van der Waals surface area contributed by atoms with Crippen LogP contribution in [0.5, 0.6) is 0 Å². The second-order valence-electron chi connectivity index (χ2n) is 4.28. The van der Waals surface area contributed by atoms with Crippen LogP contribution in [0.1, 0.15) is 15.9 Å². The van der Waals surface area contributed by atoms with Gasteiger partial charge >= 0.3 is 0 Å². The van der Waals surface area contributed by atoms with Gasteiger partial charge in [0.25, 0.3) is 5.91 Å². The molecule has 19 heavy (non-hydrogen) atoms. The van der Waals surface area contributed by atoms with Gasteiger partial charge in [0.05, 0.1) is 5.56 Å². The number of carbonyl (C=O) groups excluding carboxylic acids is 1. The van der Waals surface area contributed by atoms with Gasteiger partial charge in [0.15, 0.2) is 0 Å². The molecule has 0 aliphatic heterocycles. The van der Waals surface area contributed by atoms with Crippen LogP contribution in [-0.4, -0.2) is 12.2 Å². The minimum atomic E-state index is -0.181. The van der Waals surface area contributed by atoms with Crippen molar-refractivity contribution in [3.05, 3.63) is 53.6 Å². The summed E-state index contributed by atoms with van der Waals surface area (Å²) in [5.41, 5.74) is 8.62. The van der Waals surface area contributed by atoms with Crippen LogP contribution in [0.15, 0.2) is 47.4 Å². The van der Waals surface area contributed by atoms with Crippen LogP contribution in [0.25, 0.3) is 0 Å². The lowest BCUT2D eigenvalue weighted by molar-refractivity contribution is 0.102. The Bertz CT molecular complexity index is 611. The van der Waals surface area contributed by atoms with E-state index in [9.17, 15) is 4.79 Å². The molecule has 0 heterocycles. The molecular formula is C15H16N2OS. The summed E-state index contributed by atoms with van der Waals surface area (Å²) in [4.78, 5) is 13.3. The van der Waals surface area contributed by atoms with E-state index in [0.717, 1.165) is 16.1 Å². The number of nitrogens with one attached hydrogen (secondary N) is 1. The smallest absolute Gasteiger partial charge is 0.257 e. The van der Waals surface area contributed by atoms with E-state index in [1.807, 2.05) is 43.5 Å². The van der Waals surface area contributed by atoms with Crippen molar-refractivity contribution in [1.82, 2.24) is 0 Å². The summed E-state index contributed by atoms with van der Waals surface area (Å²) in [5.74, 6) is -0.181. The summed E-state index contributed by atoms with van der Waals surface area (Å²) in [6.45, 7) is 1.94. The molecule has 2 aromatic carbocycles. The van der Waals surface area contributed by atoms with Crippen molar-refractivity contribution < 1.29 is 4.79 Å². The van der Waals surface area contributed by atoms with Gasteiger partial charge in [-0.15, -0.1) is 11.8 Å². The van der Waals surface area contributed by atoms with E-state index < -0.39 is 0 Å². The van der Waals surface area contributed by atoms with Crippen molar-refractivity contribution in [3.8, 4) is 0 Å². The van der Waals surface area contributed by atoms with Gasteiger partial charge in [0, 0.05) is 16.3 Å². The van der Waals surface area contributed by atoms with E-state index in [0.29, 0.717) is 11.3 Å². The van der Waals surface area contributed by atoms with Gasteiger partial charge in [-0.25, -0.2) is 0 Å². The van der Waals surface area contributed by atoms with E-state index in [1.165, 1.54) is 0 Å². The van der Waals surface area contributed by atoms with E-state index in [4.69, 9.17) is 5.73 Å². The van der Waals surface area contributed by atoms with Crippen molar-refractivity contribution in [3.63, 3.8) is 0 Å². The number of hydrogen-bond acceptors (Lipinski definition) is 3. The van der Waals surface area contributed by atoms with Crippen molar-refractivity contribution >= 4 is 29.0 Å². The second-order valence-corrected chi connectivity index (χ2v) is 5.16. The molecule has 0 aromatic heterocycles. The maximum absolute atomic E-state index is 12.2. The predicted octanol–water partition coefficient (Wildman–Crippen LogP) is 3.55. The van der Waals surface area contributed by atoms with E-state index in [-0.39, 0.29) is 5.91 Å². The summed E-state index contributed by atoms with van der Waals surface area (Å²) < 4.78 is 0. The molecule has 0 atom stereocenters. The van der Waals surface area contributed by atoms with E-state index in [2.05, 4.69) is 5.32 Å². The van der Waals surface area contributed by atoms with Crippen LogP contribution in [-0.2, 0) is 0 Å². The molecule has 3 nitrogen and oxygen atoms in total. The number of benzene rings is 2. The zero-order chi connectivity index (χ0) is 13.8. The molecule has 0 bridgehead atoms. The Hall–Kier alpha value is -1.94. The van der Waals surface area contributed by atoms with Crippen LogP contribution in [0, 0.1) is 6.92 Å². The fourth-order valence-corrected chi connectivity index (χ4v) is 2.23. The Morgan fingerprint density at radius 3 is 2.74 bits per heavy atom. The zero-order valence-electron chi connectivity index (χ0n) is 10.9. The maximum atomic E-state index is 12.2. The fourth-order valence-electron chi connectivity index (χ4n) is 1.77. The summed E-state index contributed by atoms with van der Waals surface area (Å²) in [6, 6.07) is 13.2. The average Bonchev–Trinajstić information content (AvgIpc) is 2.41. The quantitative estimate of drug-likeness (QED) is 0.663. The lowest BCUT2D eigenvalue weighted by Crippen LogP contribution is -2.14. The molecule has 3 N–H and O–H groups in total. The highest BCUT2D eigenvalue weighted by Gasteiger charge is 2.10. The SMILES string of the molecule is CSc1cccc(NC(=O)c2cc(C)ccc2N)c1. The number of nitrogen functional groups attached to an aromatic ring is 1. The van der Waals surface area contributed by atoms with Crippen LogP contribution < -0.4 is 11.1 Å². The Labute approximate surface area is 117 Å². The number of nitrogens with two attached hydrogens (primary N) is 1. The predicted molar refractivity (Wildman–Crippen MR) is 81.8 cm³/mol. The highest BCUT2D eigenvalue weighted by Crippen LogP contribution is 2.21. The van der Waals surface area contributed by atoms with Crippen LogP contribution in [0.4, 0.5) is 11.4 Å². The standard InChI is InChI=1S/C15H16N2OS/c1-10-6-7-14(16)13(8-10)15(18)17-11-4-3-5-12(9-11)19-2/h3-9H,16H2,1-2H3,(H,17,18). The fraction of sp³-hybridized carbons (Fsp3) is 0.133. The lowest BCUT2D eigenvalue weighted by atomic mass is 10.1. The first-order valence-electron chi connectivity index (χ1n) is 5.91. The maximum Gasteiger partial charge on any atom is 0.257 e. The second kappa shape index (κ2) is 5.80. The van der Waals surface area contributed by atoms with Crippen LogP contribution in [0.2, 0.25) is 0 Å². The molecule has 0 fully saturated rings. The van der Waals surface area contributed by atoms with Crippen molar-refractivity contribution in [2.75, 3.05) is 17.3 Å². The van der Waals surface area contributed by atoms with Crippen molar-refractivity contribution in [2.45, 2.75) is 11.8 Å². The number of amides is 1. The minimum Gasteiger partial charge on any atom is -0.398 e. The zero-order valence-corrected chi connectivity index (χ0v) is 11.8. The Kier molecular flexibility index (Phi) is 4.12. The van der Waals surface area contributed by atoms with Crippen LogP contribution in [0.3, 0.4) is 0 Å². The molecule has 2 rings (SSSR count).